The minimum Gasteiger partial charge on any atom is -0.378 e. The fraction of sp³-hybridized carbons (Fsp3) is 0.400. The molecule has 1 atom stereocenters. The third-order valence-corrected chi connectivity index (χ3v) is 4.24. The molecule has 1 N–H and O–H groups in total. The molecule has 1 heterocycles. The van der Waals surface area contributed by atoms with Crippen molar-refractivity contribution in [2.75, 3.05) is 19.0 Å². The van der Waals surface area contributed by atoms with E-state index in [9.17, 15) is 4.79 Å². The molecule has 0 bridgehead atoms. The Labute approximate surface area is 150 Å². The molecular formula is C20H28N4O. The van der Waals surface area contributed by atoms with Crippen molar-refractivity contribution >= 4 is 11.7 Å². The molecule has 0 spiro atoms. The van der Waals surface area contributed by atoms with E-state index in [2.05, 4.69) is 39.5 Å². The first-order valence-electron chi connectivity index (χ1n) is 8.61. The molecule has 2 aromatic rings. The van der Waals surface area contributed by atoms with Gasteiger partial charge in [0, 0.05) is 44.8 Å². The van der Waals surface area contributed by atoms with Gasteiger partial charge in [0.25, 0.3) is 0 Å². The second-order valence-corrected chi connectivity index (χ2v) is 6.73. The Morgan fingerprint density at radius 3 is 2.16 bits per heavy atom. The maximum Gasteiger partial charge on any atom is 0.318 e. The maximum atomic E-state index is 12.7. The Bertz CT molecular complexity index is 668. The van der Waals surface area contributed by atoms with Crippen LogP contribution in [0.2, 0.25) is 0 Å². The Kier molecular flexibility index (Phi) is 6.39. The van der Waals surface area contributed by atoms with Crippen LogP contribution in [-0.4, -0.2) is 36.1 Å². The highest BCUT2D eigenvalue weighted by Gasteiger charge is 2.19. The molecule has 0 aliphatic heterocycles. The first-order chi connectivity index (χ1) is 11.9. The van der Waals surface area contributed by atoms with Crippen molar-refractivity contribution in [2.45, 2.75) is 39.4 Å². The fourth-order valence-corrected chi connectivity index (χ4v) is 2.59. The van der Waals surface area contributed by atoms with Gasteiger partial charge in [0.15, 0.2) is 0 Å². The zero-order chi connectivity index (χ0) is 18.4. The number of carbonyl (C=O) groups excluding carboxylic acids is 1. The van der Waals surface area contributed by atoms with Crippen LogP contribution in [0.15, 0.2) is 48.8 Å². The first-order valence-corrected chi connectivity index (χ1v) is 8.61. The largest absolute Gasteiger partial charge is 0.378 e. The average molecular weight is 340 g/mol. The van der Waals surface area contributed by atoms with Crippen molar-refractivity contribution in [3.8, 4) is 0 Å². The molecule has 2 rings (SSSR count). The Hall–Kier alpha value is -2.56. The Balaban J connectivity index is 2.05. The predicted octanol–water partition coefficient (Wildman–Crippen LogP) is 3.83. The monoisotopic (exact) mass is 340 g/mol. The predicted molar refractivity (Wildman–Crippen MR) is 103 cm³/mol. The third kappa shape index (κ3) is 5.21. The van der Waals surface area contributed by atoms with E-state index in [0.717, 1.165) is 16.8 Å². The summed E-state index contributed by atoms with van der Waals surface area (Å²) in [5, 5.41) is 3.08. The van der Waals surface area contributed by atoms with Crippen LogP contribution in [0.5, 0.6) is 0 Å². The number of anilines is 1. The van der Waals surface area contributed by atoms with Gasteiger partial charge in [-0.2, -0.15) is 0 Å². The number of aromatic nitrogens is 1. The van der Waals surface area contributed by atoms with E-state index >= 15 is 0 Å². The molecule has 1 aromatic heterocycles. The standard InChI is InChI=1S/C20H28N4O/c1-15(2)24(14-17-6-8-19(9-7-17)23(4)5)20(25)22-16(3)18-10-12-21-13-11-18/h6-13,15-16H,14H2,1-5H3,(H,22,25)/t16-/m0/s1. The van der Waals surface area contributed by atoms with Crippen LogP contribution >= 0.6 is 0 Å². The van der Waals surface area contributed by atoms with Crippen LogP contribution in [0.25, 0.3) is 0 Å². The van der Waals surface area contributed by atoms with E-state index in [-0.39, 0.29) is 18.1 Å². The lowest BCUT2D eigenvalue weighted by Gasteiger charge is -2.29. The van der Waals surface area contributed by atoms with Gasteiger partial charge in [-0.05, 0) is 56.2 Å². The lowest BCUT2D eigenvalue weighted by Crippen LogP contribution is -2.44. The molecule has 0 unspecified atom stereocenters. The minimum atomic E-state index is -0.0622. The number of hydrogen-bond acceptors (Lipinski definition) is 3. The van der Waals surface area contributed by atoms with Gasteiger partial charge >= 0.3 is 6.03 Å². The lowest BCUT2D eigenvalue weighted by molar-refractivity contribution is 0.176. The van der Waals surface area contributed by atoms with Crippen LogP contribution in [-0.2, 0) is 6.54 Å². The van der Waals surface area contributed by atoms with Crippen molar-refractivity contribution in [1.82, 2.24) is 15.2 Å². The van der Waals surface area contributed by atoms with Gasteiger partial charge in [-0.15, -0.1) is 0 Å². The second kappa shape index (κ2) is 8.51. The van der Waals surface area contributed by atoms with E-state index in [1.807, 2.05) is 51.9 Å². The molecule has 0 aliphatic carbocycles. The van der Waals surface area contributed by atoms with Gasteiger partial charge < -0.3 is 15.1 Å². The van der Waals surface area contributed by atoms with Crippen LogP contribution in [0.4, 0.5) is 10.5 Å². The molecule has 1 aromatic carbocycles. The van der Waals surface area contributed by atoms with Crippen molar-refractivity contribution in [3.63, 3.8) is 0 Å². The zero-order valence-electron chi connectivity index (χ0n) is 15.7. The summed E-state index contributed by atoms with van der Waals surface area (Å²) >= 11 is 0. The fourth-order valence-electron chi connectivity index (χ4n) is 2.59. The normalized spacial score (nSPS) is 11.9. The highest BCUT2D eigenvalue weighted by molar-refractivity contribution is 5.75. The van der Waals surface area contributed by atoms with E-state index in [1.165, 1.54) is 0 Å². The first kappa shape index (κ1) is 18.8. The number of pyridine rings is 1. The number of nitrogens with zero attached hydrogens (tertiary/aromatic N) is 3. The molecule has 5 heteroatoms. The SMILES string of the molecule is CC(C)N(Cc1ccc(N(C)C)cc1)C(=O)N[C@@H](C)c1ccncc1. The van der Waals surface area contributed by atoms with Crippen LogP contribution in [0.3, 0.4) is 0 Å². The van der Waals surface area contributed by atoms with E-state index < -0.39 is 0 Å². The Morgan fingerprint density at radius 2 is 1.64 bits per heavy atom. The number of urea groups is 1. The van der Waals surface area contributed by atoms with E-state index in [4.69, 9.17) is 0 Å². The Morgan fingerprint density at radius 1 is 1.04 bits per heavy atom. The summed E-state index contributed by atoms with van der Waals surface area (Å²) in [7, 11) is 4.03. The number of amides is 2. The minimum absolute atomic E-state index is 0.0593. The van der Waals surface area contributed by atoms with E-state index in [1.54, 1.807) is 12.4 Å². The number of benzene rings is 1. The highest BCUT2D eigenvalue weighted by atomic mass is 16.2. The summed E-state index contributed by atoms with van der Waals surface area (Å²) in [6, 6.07) is 12.1. The molecular weight excluding hydrogens is 312 g/mol. The molecule has 0 saturated heterocycles. The van der Waals surface area contributed by atoms with Crippen LogP contribution < -0.4 is 10.2 Å². The summed E-state index contributed by atoms with van der Waals surface area (Å²) in [4.78, 5) is 20.7. The second-order valence-electron chi connectivity index (χ2n) is 6.73. The van der Waals surface area contributed by atoms with Gasteiger partial charge in [-0.1, -0.05) is 12.1 Å². The quantitative estimate of drug-likeness (QED) is 0.869. The van der Waals surface area contributed by atoms with Crippen LogP contribution in [0, 0.1) is 0 Å². The van der Waals surface area contributed by atoms with Gasteiger partial charge in [-0.3, -0.25) is 4.98 Å². The molecule has 25 heavy (non-hydrogen) atoms. The smallest absolute Gasteiger partial charge is 0.318 e. The topological polar surface area (TPSA) is 48.5 Å². The third-order valence-electron chi connectivity index (χ3n) is 4.24. The molecule has 0 saturated carbocycles. The summed E-state index contributed by atoms with van der Waals surface area (Å²) in [6.07, 6.45) is 3.48. The molecule has 2 amide bonds. The van der Waals surface area contributed by atoms with Crippen molar-refractivity contribution < 1.29 is 4.79 Å². The average Bonchev–Trinajstić information content (AvgIpc) is 2.60. The molecule has 0 aliphatic rings. The van der Waals surface area contributed by atoms with Crippen molar-refractivity contribution in [2.24, 2.45) is 0 Å². The van der Waals surface area contributed by atoms with Crippen molar-refractivity contribution in [3.05, 3.63) is 59.9 Å². The molecule has 5 nitrogen and oxygen atoms in total. The summed E-state index contributed by atoms with van der Waals surface area (Å²) in [5.41, 5.74) is 3.31. The van der Waals surface area contributed by atoms with Gasteiger partial charge in [0.2, 0.25) is 0 Å². The summed E-state index contributed by atoms with van der Waals surface area (Å²) in [6.45, 7) is 6.63. The highest BCUT2D eigenvalue weighted by Crippen LogP contribution is 2.16. The summed E-state index contributed by atoms with van der Waals surface area (Å²) < 4.78 is 0. The summed E-state index contributed by atoms with van der Waals surface area (Å²) in [5.74, 6) is 0. The van der Waals surface area contributed by atoms with Gasteiger partial charge in [0.1, 0.15) is 0 Å². The number of nitrogens with one attached hydrogen (secondary N) is 1. The van der Waals surface area contributed by atoms with E-state index in [0.29, 0.717) is 6.54 Å². The molecule has 0 fully saturated rings. The number of carbonyl (C=O) groups is 1. The lowest BCUT2D eigenvalue weighted by atomic mass is 10.1. The number of rotatable bonds is 6. The van der Waals surface area contributed by atoms with Crippen molar-refractivity contribution in [1.29, 1.82) is 0 Å². The molecule has 134 valence electrons. The van der Waals surface area contributed by atoms with Gasteiger partial charge in [-0.25, -0.2) is 4.79 Å². The number of hydrogen-bond donors (Lipinski definition) is 1. The van der Waals surface area contributed by atoms with Crippen LogP contribution in [0.1, 0.15) is 37.9 Å². The molecule has 0 radical (unpaired) electrons. The maximum absolute atomic E-state index is 12.7. The zero-order valence-corrected chi connectivity index (χ0v) is 15.7. The van der Waals surface area contributed by atoms with Gasteiger partial charge in [0.05, 0.1) is 6.04 Å².